The monoisotopic (exact) mass is 329 g/mol. The summed E-state index contributed by atoms with van der Waals surface area (Å²) in [5, 5.41) is 0.395. The van der Waals surface area contributed by atoms with E-state index in [-0.39, 0.29) is 4.90 Å². The molecule has 2 aliphatic rings. The maximum absolute atomic E-state index is 12.9. The van der Waals surface area contributed by atoms with Crippen LogP contribution in [0.2, 0.25) is 5.02 Å². The van der Waals surface area contributed by atoms with Gasteiger partial charge in [0.2, 0.25) is 10.0 Å². The Morgan fingerprint density at radius 2 is 2.05 bits per heavy atom. The zero-order valence-electron chi connectivity index (χ0n) is 12.0. The molecule has 2 fully saturated rings. The summed E-state index contributed by atoms with van der Waals surface area (Å²) in [5.74, 6) is 0. The zero-order chi connectivity index (χ0) is 15.2. The van der Waals surface area contributed by atoms with Crippen LogP contribution in [-0.2, 0) is 10.0 Å². The molecule has 7 heteroatoms. The number of halogens is 1. The standard InChI is InChI=1S/C14H20ClN3O2S/c1-10-7-12(15)13(16)8-14(10)21(19,20)18-6-5-17-4-2-3-11(17)9-18/h7-8,11H,2-6,9,16H2,1H3. The molecular weight excluding hydrogens is 310 g/mol. The second kappa shape index (κ2) is 5.43. The highest BCUT2D eigenvalue weighted by atomic mass is 35.5. The summed E-state index contributed by atoms with van der Waals surface area (Å²) in [5.41, 5.74) is 6.73. The van der Waals surface area contributed by atoms with E-state index in [1.165, 1.54) is 6.07 Å². The minimum Gasteiger partial charge on any atom is -0.397 e. The number of anilines is 1. The average Bonchev–Trinajstić information content (AvgIpc) is 2.90. The molecule has 1 atom stereocenters. The predicted molar refractivity (Wildman–Crippen MR) is 84.0 cm³/mol. The number of sulfonamides is 1. The van der Waals surface area contributed by atoms with E-state index in [0.717, 1.165) is 25.9 Å². The predicted octanol–water partition coefficient (Wildman–Crippen LogP) is 1.70. The summed E-state index contributed by atoms with van der Waals surface area (Å²) < 4.78 is 27.3. The Balaban J connectivity index is 1.92. The molecule has 5 nitrogen and oxygen atoms in total. The third kappa shape index (κ3) is 2.65. The molecule has 1 unspecified atom stereocenters. The van der Waals surface area contributed by atoms with Crippen molar-refractivity contribution in [1.82, 2.24) is 9.21 Å². The molecule has 0 amide bonds. The number of hydrogen-bond donors (Lipinski definition) is 1. The van der Waals surface area contributed by atoms with Crippen molar-refractivity contribution >= 4 is 27.3 Å². The number of nitrogen functional groups attached to an aromatic ring is 1. The van der Waals surface area contributed by atoms with Crippen LogP contribution in [0, 0.1) is 6.92 Å². The Labute approximate surface area is 130 Å². The van der Waals surface area contributed by atoms with Gasteiger partial charge in [-0.1, -0.05) is 11.6 Å². The summed E-state index contributed by atoms with van der Waals surface area (Å²) >= 11 is 5.95. The number of piperazine rings is 1. The second-order valence-corrected chi connectivity index (χ2v) is 8.15. The minimum absolute atomic E-state index is 0.274. The molecule has 0 aliphatic carbocycles. The third-order valence-electron chi connectivity index (χ3n) is 4.46. The number of benzene rings is 1. The molecule has 2 saturated heterocycles. The highest BCUT2D eigenvalue weighted by Gasteiger charge is 2.36. The first-order valence-electron chi connectivity index (χ1n) is 7.19. The number of nitrogens with zero attached hydrogens (tertiary/aromatic N) is 2. The average molecular weight is 330 g/mol. The second-order valence-electron chi connectivity index (χ2n) is 5.83. The number of nitrogens with two attached hydrogens (primary N) is 1. The van der Waals surface area contributed by atoms with E-state index in [1.807, 2.05) is 0 Å². The first kappa shape index (κ1) is 15.1. The molecule has 1 aromatic rings. The summed E-state index contributed by atoms with van der Waals surface area (Å²) in [6.07, 6.45) is 2.24. The molecule has 3 rings (SSSR count). The number of fused-ring (bicyclic) bond motifs is 1. The van der Waals surface area contributed by atoms with Crippen LogP contribution < -0.4 is 5.73 Å². The Hall–Kier alpha value is -0.820. The van der Waals surface area contributed by atoms with Crippen LogP contribution in [0.1, 0.15) is 18.4 Å². The van der Waals surface area contributed by atoms with Crippen molar-refractivity contribution < 1.29 is 8.42 Å². The quantitative estimate of drug-likeness (QED) is 0.839. The first-order chi connectivity index (χ1) is 9.89. The van der Waals surface area contributed by atoms with E-state index in [9.17, 15) is 8.42 Å². The smallest absolute Gasteiger partial charge is 0.243 e. The van der Waals surface area contributed by atoms with Gasteiger partial charge in [0.1, 0.15) is 0 Å². The topological polar surface area (TPSA) is 66.6 Å². The van der Waals surface area contributed by atoms with Crippen LogP contribution in [0.15, 0.2) is 17.0 Å². The number of aryl methyl sites for hydroxylation is 1. The fraction of sp³-hybridized carbons (Fsp3) is 0.571. The molecule has 21 heavy (non-hydrogen) atoms. The van der Waals surface area contributed by atoms with Gasteiger partial charge in [0.05, 0.1) is 15.6 Å². The lowest BCUT2D eigenvalue weighted by Gasteiger charge is -2.36. The lowest BCUT2D eigenvalue weighted by atomic mass is 10.2. The van der Waals surface area contributed by atoms with Crippen LogP contribution in [0.3, 0.4) is 0 Å². The Bertz CT molecular complexity index is 662. The van der Waals surface area contributed by atoms with Gasteiger partial charge in [0, 0.05) is 25.7 Å². The van der Waals surface area contributed by atoms with Gasteiger partial charge in [-0.2, -0.15) is 4.31 Å². The molecule has 0 bridgehead atoms. The molecule has 0 aromatic heterocycles. The van der Waals surface area contributed by atoms with Gasteiger partial charge in [-0.3, -0.25) is 4.90 Å². The summed E-state index contributed by atoms with van der Waals surface area (Å²) in [7, 11) is -3.50. The van der Waals surface area contributed by atoms with Gasteiger partial charge in [-0.25, -0.2) is 8.42 Å². The van der Waals surface area contributed by atoms with Crippen molar-refractivity contribution in [2.75, 3.05) is 31.9 Å². The van der Waals surface area contributed by atoms with Crippen molar-refractivity contribution in [2.24, 2.45) is 0 Å². The maximum atomic E-state index is 12.9. The Morgan fingerprint density at radius 1 is 1.29 bits per heavy atom. The summed E-state index contributed by atoms with van der Waals surface area (Å²) in [6.45, 7) is 4.77. The van der Waals surface area contributed by atoms with Crippen LogP contribution in [0.5, 0.6) is 0 Å². The van der Waals surface area contributed by atoms with Crippen molar-refractivity contribution in [3.63, 3.8) is 0 Å². The highest BCUT2D eigenvalue weighted by molar-refractivity contribution is 7.89. The lowest BCUT2D eigenvalue weighted by Crippen LogP contribution is -2.51. The largest absolute Gasteiger partial charge is 0.397 e. The Kier molecular flexibility index (Phi) is 3.90. The molecule has 2 heterocycles. The molecule has 0 saturated carbocycles. The van der Waals surface area contributed by atoms with Crippen molar-refractivity contribution in [2.45, 2.75) is 30.7 Å². The van der Waals surface area contributed by atoms with Gasteiger partial charge in [0.15, 0.2) is 0 Å². The molecular formula is C14H20ClN3O2S. The molecule has 2 aliphatic heterocycles. The summed E-state index contributed by atoms with van der Waals surface area (Å²) in [4.78, 5) is 2.66. The minimum atomic E-state index is -3.50. The van der Waals surface area contributed by atoms with E-state index >= 15 is 0 Å². The van der Waals surface area contributed by atoms with Gasteiger partial charge in [-0.05, 0) is 44.0 Å². The van der Waals surface area contributed by atoms with E-state index in [2.05, 4.69) is 4.90 Å². The van der Waals surface area contributed by atoms with Crippen LogP contribution in [0.25, 0.3) is 0 Å². The molecule has 1 aromatic carbocycles. The molecule has 0 radical (unpaired) electrons. The number of rotatable bonds is 2. The van der Waals surface area contributed by atoms with E-state index in [0.29, 0.717) is 35.4 Å². The van der Waals surface area contributed by atoms with Crippen LogP contribution >= 0.6 is 11.6 Å². The van der Waals surface area contributed by atoms with Gasteiger partial charge in [0.25, 0.3) is 0 Å². The third-order valence-corrected chi connectivity index (χ3v) is 6.80. The number of hydrogen-bond acceptors (Lipinski definition) is 4. The normalized spacial score (nSPS) is 24.2. The van der Waals surface area contributed by atoms with E-state index < -0.39 is 10.0 Å². The van der Waals surface area contributed by atoms with Crippen LogP contribution in [0.4, 0.5) is 5.69 Å². The van der Waals surface area contributed by atoms with Gasteiger partial charge < -0.3 is 5.73 Å². The first-order valence-corrected chi connectivity index (χ1v) is 9.01. The van der Waals surface area contributed by atoms with E-state index in [1.54, 1.807) is 17.3 Å². The van der Waals surface area contributed by atoms with Gasteiger partial charge >= 0.3 is 0 Å². The lowest BCUT2D eigenvalue weighted by molar-refractivity contribution is 0.158. The van der Waals surface area contributed by atoms with Crippen molar-refractivity contribution in [1.29, 1.82) is 0 Å². The maximum Gasteiger partial charge on any atom is 0.243 e. The van der Waals surface area contributed by atoms with Gasteiger partial charge in [-0.15, -0.1) is 0 Å². The van der Waals surface area contributed by atoms with Crippen molar-refractivity contribution in [3.8, 4) is 0 Å². The Morgan fingerprint density at radius 3 is 2.81 bits per heavy atom. The SMILES string of the molecule is Cc1cc(Cl)c(N)cc1S(=O)(=O)N1CCN2CCCC2C1. The van der Waals surface area contributed by atoms with Crippen LogP contribution in [-0.4, -0.2) is 49.8 Å². The molecule has 116 valence electrons. The summed E-state index contributed by atoms with van der Waals surface area (Å²) in [6, 6.07) is 3.46. The zero-order valence-corrected chi connectivity index (χ0v) is 13.6. The fourth-order valence-corrected chi connectivity index (χ4v) is 5.19. The van der Waals surface area contributed by atoms with E-state index in [4.69, 9.17) is 17.3 Å². The molecule has 2 N–H and O–H groups in total. The fourth-order valence-electron chi connectivity index (χ4n) is 3.27. The molecule has 0 spiro atoms. The highest BCUT2D eigenvalue weighted by Crippen LogP contribution is 2.30. The van der Waals surface area contributed by atoms with Crippen molar-refractivity contribution in [3.05, 3.63) is 22.7 Å².